The van der Waals surface area contributed by atoms with Gasteiger partial charge in [-0.05, 0) is 62.1 Å². The normalized spacial score (nSPS) is 27.3. The van der Waals surface area contributed by atoms with Gasteiger partial charge in [0.1, 0.15) is 22.8 Å². The Balaban J connectivity index is 1.65. The van der Waals surface area contributed by atoms with E-state index >= 15 is 0 Å². The van der Waals surface area contributed by atoms with Crippen molar-refractivity contribution >= 4 is 34.0 Å². The molecule has 0 saturated heterocycles. The number of nitrogens with two attached hydrogens (primary N) is 2. The molecule has 1 amide bonds. The van der Waals surface area contributed by atoms with Crippen LogP contribution in [0.2, 0.25) is 0 Å². The molecule has 38 heavy (non-hydrogen) atoms. The number of primary amides is 1. The smallest absolute Gasteiger partial charge is 0.255 e. The van der Waals surface area contributed by atoms with E-state index in [1.807, 2.05) is 39.0 Å². The molecule has 3 aliphatic carbocycles. The van der Waals surface area contributed by atoms with Crippen molar-refractivity contribution in [2.75, 3.05) is 0 Å². The first-order valence-corrected chi connectivity index (χ1v) is 12.4. The third kappa shape index (κ3) is 3.63. The van der Waals surface area contributed by atoms with Crippen LogP contribution in [0, 0.1) is 11.8 Å². The minimum atomic E-state index is -2.72. The summed E-state index contributed by atoms with van der Waals surface area (Å²) in [6, 6.07) is 5.99. The molecule has 0 radical (unpaired) electrons. The van der Waals surface area contributed by atoms with Gasteiger partial charge in [-0.25, -0.2) is 0 Å². The molecule has 0 heterocycles. The van der Waals surface area contributed by atoms with Crippen molar-refractivity contribution in [1.82, 2.24) is 5.32 Å². The highest BCUT2D eigenvalue weighted by Crippen LogP contribution is 2.52. The molecule has 2 aromatic carbocycles. The van der Waals surface area contributed by atoms with E-state index in [9.17, 15) is 34.8 Å². The SMILES string of the molecule is CC(C)(C)NCc1ccc2cc3c(c(O)c2c1)C(O)=C1C(=O)[C@]2(O)C(O)=C(C(N)=O)C(=O)[C@@H](N)[C@@H]2C[C@@H]1C3. The quantitative estimate of drug-likeness (QED) is 0.292. The van der Waals surface area contributed by atoms with E-state index in [1.165, 1.54) is 0 Å². The number of ketones is 2. The average molecular weight is 522 g/mol. The van der Waals surface area contributed by atoms with Gasteiger partial charge in [-0.3, -0.25) is 14.4 Å². The third-order valence-corrected chi connectivity index (χ3v) is 7.94. The van der Waals surface area contributed by atoms with E-state index in [0.29, 0.717) is 17.5 Å². The second kappa shape index (κ2) is 8.39. The summed E-state index contributed by atoms with van der Waals surface area (Å²) < 4.78 is 0. The number of fused-ring (bicyclic) bond motifs is 4. The van der Waals surface area contributed by atoms with Crippen LogP contribution in [0.4, 0.5) is 0 Å². The predicted octanol–water partition coefficient (Wildman–Crippen LogP) is 1.40. The maximum atomic E-state index is 13.7. The highest BCUT2D eigenvalue weighted by molar-refractivity contribution is 6.24. The highest BCUT2D eigenvalue weighted by atomic mass is 16.3. The highest BCUT2D eigenvalue weighted by Gasteiger charge is 2.63. The Morgan fingerprint density at radius 2 is 1.84 bits per heavy atom. The van der Waals surface area contributed by atoms with Gasteiger partial charge in [0.15, 0.2) is 11.4 Å². The second-order valence-corrected chi connectivity index (χ2v) is 11.5. The van der Waals surface area contributed by atoms with Crippen LogP contribution < -0.4 is 16.8 Å². The summed E-state index contributed by atoms with van der Waals surface area (Å²) in [6.07, 6.45) is 0.193. The number of aliphatic hydroxyl groups excluding tert-OH is 2. The molecule has 0 spiro atoms. The van der Waals surface area contributed by atoms with Gasteiger partial charge in [0.2, 0.25) is 5.78 Å². The minimum Gasteiger partial charge on any atom is -0.508 e. The zero-order chi connectivity index (χ0) is 27.9. The van der Waals surface area contributed by atoms with Crippen molar-refractivity contribution < 1.29 is 34.8 Å². The number of hydrogen-bond donors (Lipinski definition) is 7. The zero-order valence-electron chi connectivity index (χ0n) is 21.3. The van der Waals surface area contributed by atoms with Gasteiger partial charge in [0, 0.05) is 29.0 Å². The molecule has 0 aromatic heterocycles. The number of hydrogen-bond acceptors (Lipinski definition) is 9. The molecule has 2 aromatic rings. The molecule has 5 rings (SSSR count). The van der Waals surface area contributed by atoms with Crippen LogP contribution in [-0.2, 0) is 27.3 Å². The third-order valence-electron chi connectivity index (χ3n) is 7.94. The lowest BCUT2D eigenvalue weighted by atomic mass is 9.58. The topological polar surface area (TPSA) is 196 Å². The molecule has 9 N–H and O–H groups in total. The largest absolute Gasteiger partial charge is 0.508 e. The molecule has 3 aliphatic rings. The van der Waals surface area contributed by atoms with Crippen LogP contribution in [0.25, 0.3) is 16.5 Å². The van der Waals surface area contributed by atoms with Crippen LogP contribution in [-0.4, -0.2) is 55.1 Å². The molecule has 0 bridgehead atoms. The minimum absolute atomic E-state index is 0.0275. The number of aromatic hydroxyl groups is 1. The van der Waals surface area contributed by atoms with Gasteiger partial charge in [0.25, 0.3) is 5.91 Å². The summed E-state index contributed by atoms with van der Waals surface area (Å²) in [4.78, 5) is 38.2. The lowest BCUT2D eigenvalue weighted by Gasteiger charge is -2.48. The van der Waals surface area contributed by atoms with Crippen LogP contribution in [0.15, 0.2) is 41.2 Å². The van der Waals surface area contributed by atoms with Crippen molar-refractivity contribution in [2.24, 2.45) is 23.3 Å². The summed E-state index contributed by atoms with van der Waals surface area (Å²) in [5, 5.41) is 49.3. The van der Waals surface area contributed by atoms with Crippen LogP contribution in [0.5, 0.6) is 5.75 Å². The number of carbonyl (C=O) groups is 3. The van der Waals surface area contributed by atoms with Crippen LogP contribution in [0.3, 0.4) is 0 Å². The number of Topliss-reactive ketones (excluding diaryl/α,β-unsaturated/α-hetero) is 2. The first kappa shape index (κ1) is 25.9. The van der Waals surface area contributed by atoms with E-state index in [0.717, 1.165) is 10.9 Å². The number of nitrogens with one attached hydrogen (secondary N) is 1. The lowest BCUT2D eigenvalue weighted by molar-refractivity contribution is -0.149. The van der Waals surface area contributed by atoms with Gasteiger partial charge in [0.05, 0.1) is 11.6 Å². The van der Waals surface area contributed by atoms with Gasteiger partial charge in [-0.2, -0.15) is 0 Å². The fourth-order valence-corrected chi connectivity index (χ4v) is 6.01. The van der Waals surface area contributed by atoms with Crippen molar-refractivity contribution in [1.29, 1.82) is 0 Å². The summed E-state index contributed by atoms with van der Waals surface area (Å²) >= 11 is 0. The monoisotopic (exact) mass is 521 g/mol. The second-order valence-electron chi connectivity index (χ2n) is 11.5. The summed E-state index contributed by atoms with van der Waals surface area (Å²) in [6.45, 7) is 6.66. The molecule has 0 unspecified atom stereocenters. The van der Waals surface area contributed by atoms with E-state index in [1.54, 1.807) is 6.07 Å². The summed E-state index contributed by atoms with van der Waals surface area (Å²) in [5.41, 5.74) is 8.88. The molecule has 10 heteroatoms. The first-order chi connectivity index (χ1) is 17.7. The number of rotatable bonds is 3. The number of phenols is 1. The van der Waals surface area contributed by atoms with Crippen molar-refractivity contribution in [3.05, 3.63) is 57.9 Å². The molecule has 1 fully saturated rings. The Hall–Kier alpha value is -3.73. The molecule has 0 aliphatic heterocycles. The molecule has 200 valence electrons. The van der Waals surface area contributed by atoms with Gasteiger partial charge in [-0.1, -0.05) is 18.2 Å². The van der Waals surface area contributed by atoms with E-state index in [4.69, 9.17) is 11.5 Å². The van der Waals surface area contributed by atoms with Crippen LogP contribution >= 0.6 is 0 Å². The maximum absolute atomic E-state index is 13.7. The average Bonchev–Trinajstić information content (AvgIpc) is 2.83. The Kier molecular flexibility index (Phi) is 5.72. The Labute approximate surface area is 218 Å². The van der Waals surface area contributed by atoms with E-state index in [-0.39, 0.29) is 35.3 Å². The first-order valence-electron chi connectivity index (χ1n) is 12.4. The van der Waals surface area contributed by atoms with Gasteiger partial charge >= 0.3 is 0 Å². The van der Waals surface area contributed by atoms with Gasteiger partial charge < -0.3 is 37.2 Å². The zero-order valence-corrected chi connectivity index (χ0v) is 21.3. The number of amides is 1. The molecular formula is C28H31N3O7. The standard InChI is InChI=1S/C28H31N3O7/c1-27(2,3)31-10-11-4-5-12-7-13-8-14-9-16-20(29)23(34)19(26(30)37)25(36)28(16,38)24(35)18(14)22(33)17(13)21(32)15(12)6-11/h4-7,14,16,20,31-33,36,38H,8-10,29H2,1-3H3,(H2,30,37)/t14-,16-,20-,28-/m0/s1. The number of carbonyl (C=O) groups excluding carboxylic acids is 3. The van der Waals surface area contributed by atoms with Crippen LogP contribution in [0.1, 0.15) is 43.9 Å². The van der Waals surface area contributed by atoms with Crippen molar-refractivity contribution in [2.45, 2.75) is 57.3 Å². The van der Waals surface area contributed by atoms with Crippen molar-refractivity contribution in [3.63, 3.8) is 0 Å². The fraction of sp³-hybridized carbons (Fsp3) is 0.393. The van der Waals surface area contributed by atoms with Crippen molar-refractivity contribution in [3.8, 4) is 5.75 Å². The predicted molar refractivity (Wildman–Crippen MR) is 139 cm³/mol. The van der Waals surface area contributed by atoms with E-state index in [2.05, 4.69) is 5.32 Å². The molecule has 1 saturated carbocycles. The Morgan fingerprint density at radius 3 is 2.47 bits per heavy atom. The maximum Gasteiger partial charge on any atom is 0.255 e. The summed E-state index contributed by atoms with van der Waals surface area (Å²) in [7, 11) is 0. The number of aliphatic hydroxyl groups is 3. The number of phenolic OH excluding ortho intramolecular Hbond substituents is 1. The Bertz CT molecular complexity index is 1500. The number of benzene rings is 2. The Morgan fingerprint density at radius 1 is 1.16 bits per heavy atom. The van der Waals surface area contributed by atoms with Gasteiger partial charge in [-0.15, -0.1) is 0 Å². The van der Waals surface area contributed by atoms with E-state index < -0.39 is 58.0 Å². The molecule has 10 nitrogen and oxygen atoms in total. The molecule has 4 atom stereocenters. The lowest BCUT2D eigenvalue weighted by Crippen LogP contribution is -2.65. The summed E-state index contributed by atoms with van der Waals surface area (Å²) in [5.74, 6) is -7.13. The molecular weight excluding hydrogens is 490 g/mol. The fourth-order valence-electron chi connectivity index (χ4n) is 6.01.